The first kappa shape index (κ1) is 32.6. The van der Waals surface area contributed by atoms with Crippen molar-refractivity contribution in [3.63, 3.8) is 0 Å². The standard InChI is InChI=1S/C32H56N2O4/c1-23-25(21-29(3,4)33(11)31(23,7)8)37-27(35)19-17-15-13-14-16-18-20-28(36)38-26-22-30(5,6)34(12)32(9,10)24(26)2/h21-24H,13-20H2,1-12H3. The minimum absolute atomic E-state index is 0.0875. The summed E-state index contributed by atoms with van der Waals surface area (Å²) in [5.41, 5.74) is -0.493. The van der Waals surface area contributed by atoms with Gasteiger partial charge in [-0.1, -0.05) is 39.5 Å². The van der Waals surface area contributed by atoms with Crippen molar-refractivity contribution in [1.82, 2.24) is 9.80 Å². The van der Waals surface area contributed by atoms with Gasteiger partial charge in [-0.05, 0) is 94.5 Å². The van der Waals surface area contributed by atoms with Crippen molar-refractivity contribution < 1.29 is 19.1 Å². The molecule has 38 heavy (non-hydrogen) atoms. The zero-order valence-corrected chi connectivity index (χ0v) is 26.5. The lowest BCUT2D eigenvalue weighted by molar-refractivity contribution is -0.143. The predicted octanol–water partition coefficient (Wildman–Crippen LogP) is 7.24. The fourth-order valence-corrected chi connectivity index (χ4v) is 5.75. The molecule has 0 aromatic carbocycles. The van der Waals surface area contributed by atoms with Crippen LogP contribution in [0.2, 0.25) is 0 Å². The molecule has 2 aliphatic heterocycles. The second-order valence-electron chi connectivity index (χ2n) is 13.8. The van der Waals surface area contributed by atoms with Crippen LogP contribution in [0.1, 0.15) is 121 Å². The monoisotopic (exact) mass is 532 g/mol. The van der Waals surface area contributed by atoms with E-state index >= 15 is 0 Å². The number of hydrogen-bond donors (Lipinski definition) is 0. The molecule has 2 atom stereocenters. The molecule has 0 aromatic heterocycles. The zero-order valence-electron chi connectivity index (χ0n) is 26.5. The van der Waals surface area contributed by atoms with Gasteiger partial charge in [-0.3, -0.25) is 19.4 Å². The number of nitrogens with zero attached hydrogens (tertiary/aromatic N) is 2. The molecule has 0 amide bonds. The van der Waals surface area contributed by atoms with Crippen molar-refractivity contribution in [1.29, 1.82) is 0 Å². The van der Waals surface area contributed by atoms with E-state index in [4.69, 9.17) is 9.47 Å². The van der Waals surface area contributed by atoms with Gasteiger partial charge < -0.3 is 9.47 Å². The van der Waals surface area contributed by atoms with Crippen LogP contribution in [0.4, 0.5) is 0 Å². The molecule has 0 aliphatic carbocycles. The van der Waals surface area contributed by atoms with Crippen LogP contribution in [-0.4, -0.2) is 58.0 Å². The van der Waals surface area contributed by atoms with E-state index in [-0.39, 0.29) is 45.9 Å². The lowest BCUT2D eigenvalue weighted by Gasteiger charge is -2.52. The molecule has 6 heteroatoms. The van der Waals surface area contributed by atoms with Crippen LogP contribution in [0.5, 0.6) is 0 Å². The van der Waals surface area contributed by atoms with Crippen molar-refractivity contribution in [3.8, 4) is 0 Å². The average molecular weight is 533 g/mol. The maximum atomic E-state index is 12.5. The third kappa shape index (κ3) is 7.50. The highest BCUT2D eigenvalue weighted by Crippen LogP contribution is 2.41. The topological polar surface area (TPSA) is 59.1 Å². The smallest absolute Gasteiger partial charge is 0.310 e. The number of carbonyl (C=O) groups excluding carboxylic acids is 2. The van der Waals surface area contributed by atoms with Crippen molar-refractivity contribution >= 4 is 11.9 Å². The normalized spacial score (nSPS) is 26.3. The predicted molar refractivity (Wildman–Crippen MR) is 155 cm³/mol. The van der Waals surface area contributed by atoms with E-state index in [1.165, 1.54) is 0 Å². The SMILES string of the molecule is CC1C(OC(=O)CCCCCCCCC(=O)OC2=CC(C)(C)N(C)C(C)(C)C2C)=CC(C)(C)N(C)C1(C)C. The second kappa shape index (κ2) is 12.2. The summed E-state index contributed by atoms with van der Waals surface area (Å²) in [6.07, 6.45) is 10.9. The first-order valence-electron chi connectivity index (χ1n) is 14.7. The third-order valence-electron chi connectivity index (χ3n) is 9.90. The summed E-state index contributed by atoms with van der Waals surface area (Å²) in [6.45, 7) is 21.7. The fourth-order valence-electron chi connectivity index (χ4n) is 5.75. The van der Waals surface area contributed by atoms with Crippen molar-refractivity contribution in [2.75, 3.05) is 14.1 Å². The number of likely N-dealkylation sites (N-methyl/N-ethyl adjacent to an activating group) is 2. The van der Waals surface area contributed by atoms with Gasteiger partial charge >= 0.3 is 11.9 Å². The molecule has 0 aromatic rings. The van der Waals surface area contributed by atoms with E-state index in [0.29, 0.717) is 12.8 Å². The Hall–Kier alpha value is -1.66. The maximum Gasteiger partial charge on any atom is 0.310 e. The van der Waals surface area contributed by atoms with Gasteiger partial charge in [0.1, 0.15) is 11.5 Å². The Labute approximate surface area is 233 Å². The molecule has 2 aliphatic rings. The maximum absolute atomic E-state index is 12.5. The number of carbonyl (C=O) groups is 2. The molecule has 0 saturated heterocycles. The highest BCUT2D eigenvalue weighted by atomic mass is 16.5. The zero-order chi connectivity index (χ0) is 29.1. The Kier molecular flexibility index (Phi) is 10.5. The number of hydrogen-bond acceptors (Lipinski definition) is 6. The van der Waals surface area contributed by atoms with E-state index in [0.717, 1.165) is 50.0 Å². The molecule has 0 saturated carbocycles. The summed E-state index contributed by atoms with van der Waals surface area (Å²) in [6, 6.07) is 0. The van der Waals surface area contributed by atoms with Crippen molar-refractivity contribution in [2.24, 2.45) is 11.8 Å². The highest BCUT2D eigenvalue weighted by Gasteiger charge is 2.46. The molecule has 0 spiro atoms. The van der Waals surface area contributed by atoms with Crippen LogP contribution in [0.25, 0.3) is 0 Å². The van der Waals surface area contributed by atoms with Gasteiger partial charge in [0, 0.05) is 46.8 Å². The summed E-state index contributed by atoms with van der Waals surface area (Å²) >= 11 is 0. The van der Waals surface area contributed by atoms with Gasteiger partial charge in [0.05, 0.1) is 0 Å². The molecule has 2 heterocycles. The Balaban J connectivity index is 1.65. The highest BCUT2D eigenvalue weighted by molar-refractivity contribution is 5.71. The van der Waals surface area contributed by atoms with Gasteiger partial charge in [-0.25, -0.2) is 0 Å². The fraction of sp³-hybridized carbons (Fsp3) is 0.812. The quantitative estimate of drug-likeness (QED) is 0.206. The van der Waals surface area contributed by atoms with E-state index in [9.17, 15) is 9.59 Å². The molecule has 0 radical (unpaired) electrons. The van der Waals surface area contributed by atoms with Crippen LogP contribution in [0.15, 0.2) is 23.7 Å². The Morgan fingerprint density at radius 1 is 0.632 bits per heavy atom. The average Bonchev–Trinajstić information content (AvgIpc) is 2.80. The van der Waals surface area contributed by atoms with Gasteiger partial charge in [-0.15, -0.1) is 0 Å². The minimum atomic E-state index is -0.159. The minimum Gasteiger partial charge on any atom is -0.431 e. The summed E-state index contributed by atoms with van der Waals surface area (Å²) < 4.78 is 11.7. The Bertz CT molecular complexity index is 838. The number of ether oxygens (including phenoxy) is 2. The van der Waals surface area contributed by atoms with Gasteiger partial charge in [-0.2, -0.15) is 0 Å². The molecule has 6 nitrogen and oxygen atoms in total. The molecule has 218 valence electrons. The molecular weight excluding hydrogens is 476 g/mol. The third-order valence-corrected chi connectivity index (χ3v) is 9.90. The van der Waals surface area contributed by atoms with E-state index < -0.39 is 0 Å². The lowest BCUT2D eigenvalue weighted by atomic mass is 9.77. The van der Waals surface area contributed by atoms with E-state index in [2.05, 4.69) is 105 Å². The molecular formula is C32H56N2O4. The van der Waals surface area contributed by atoms with E-state index in [1.807, 2.05) is 0 Å². The number of unbranched alkanes of at least 4 members (excludes halogenated alkanes) is 5. The van der Waals surface area contributed by atoms with Crippen LogP contribution >= 0.6 is 0 Å². The van der Waals surface area contributed by atoms with Gasteiger partial charge in [0.25, 0.3) is 0 Å². The summed E-state index contributed by atoms with van der Waals surface area (Å²) in [5, 5.41) is 0. The molecule has 2 rings (SSSR count). The largest absolute Gasteiger partial charge is 0.431 e. The second-order valence-corrected chi connectivity index (χ2v) is 13.8. The molecule has 2 unspecified atom stereocenters. The molecule has 0 fully saturated rings. The van der Waals surface area contributed by atoms with Crippen LogP contribution in [-0.2, 0) is 19.1 Å². The van der Waals surface area contributed by atoms with Gasteiger partial charge in [0.15, 0.2) is 0 Å². The van der Waals surface area contributed by atoms with Crippen LogP contribution in [0, 0.1) is 11.8 Å². The van der Waals surface area contributed by atoms with Crippen molar-refractivity contribution in [3.05, 3.63) is 23.7 Å². The summed E-state index contributed by atoms with van der Waals surface area (Å²) in [7, 11) is 4.26. The molecule has 0 N–H and O–H groups in total. The number of esters is 2. The Morgan fingerprint density at radius 3 is 1.24 bits per heavy atom. The summed E-state index contributed by atoms with van der Waals surface area (Å²) in [5.74, 6) is 1.62. The van der Waals surface area contributed by atoms with E-state index in [1.54, 1.807) is 0 Å². The van der Waals surface area contributed by atoms with Crippen LogP contribution in [0.3, 0.4) is 0 Å². The molecule has 0 bridgehead atoms. The van der Waals surface area contributed by atoms with Gasteiger partial charge in [0.2, 0.25) is 0 Å². The first-order chi connectivity index (χ1) is 17.3. The van der Waals surface area contributed by atoms with Crippen LogP contribution < -0.4 is 0 Å². The number of rotatable bonds is 11. The van der Waals surface area contributed by atoms with Crippen molar-refractivity contribution in [2.45, 2.75) is 143 Å². The first-order valence-corrected chi connectivity index (χ1v) is 14.7. The Morgan fingerprint density at radius 2 is 0.921 bits per heavy atom. The lowest BCUT2D eigenvalue weighted by Crippen LogP contribution is -2.59. The summed E-state index contributed by atoms with van der Waals surface area (Å²) in [4.78, 5) is 29.7.